The fourth-order valence-corrected chi connectivity index (χ4v) is 2.72. The summed E-state index contributed by atoms with van der Waals surface area (Å²) in [4.78, 5) is 11.8. The average Bonchev–Trinajstić information content (AvgIpc) is 2.53. The molecule has 0 aliphatic heterocycles. The summed E-state index contributed by atoms with van der Waals surface area (Å²) in [5.41, 5.74) is 1.20. The van der Waals surface area contributed by atoms with Gasteiger partial charge in [-0.1, -0.05) is 31.4 Å². The standard InChI is InChI=1S/C17H26N2O2/c1-21-16-9-7-14(8-10-16)13-18-12-11-17(20)19-15-5-3-2-4-6-15/h7-10,15,18H,2-6,11-13H2,1H3,(H,19,20). The molecule has 1 aromatic rings. The molecule has 0 aromatic heterocycles. The van der Waals surface area contributed by atoms with E-state index < -0.39 is 0 Å². The van der Waals surface area contributed by atoms with Crippen LogP contribution in [0, 0.1) is 0 Å². The van der Waals surface area contributed by atoms with E-state index in [9.17, 15) is 4.79 Å². The second-order valence-corrected chi connectivity index (χ2v) is 5.68. The van der Waals surface area contributed by atoms with Crippen molar-refractivity contribution in [3.05, 3.63) is 29.8 Å². The van der Waals surface area contributed by atoms with E-state index in [4.69, 9.17) is 4.74 Å². The molecule has 0 saturated heterocycles. The van der Waals surface area contributed by atoms with Gasteiger partial charge in [0.15, 0.2) is 0 Å². The van der Waals surface area contributed by atoms with Gasteiger partial charge in [-0.05, 0) is 30.5 Å². The van der Waals surface area contributed by atoms with Crippen LogP contribution in [0.2, 0.25) is 0 Å². The Balaban J connectivity index is 1.58. The molecule has 0 unspecified atom stereocenters. The monoisotopic (exact) mass is 290 g/mol. The number of carbonyl (C=O) groups is 1. The Morgan fingerprint density at radius 1 is 1.19 bits per heavy atom. The van der Waals surface area contributed by atoms with Crippen LogP contribution in [-0.2, 0) is 11.3 Å². The molecule has 1 amide bonds. The normalized spacial score (nSPS) is 15.7. The van der Waals surface area contributed by atoms with Crippen LogP contribution < -0.4 is 15.4 Å². The number of methoxy groups -OCH3 is 1. The van der Waals surface area contributed by atoms with Crippen molar-refractivity contribution >= 4 is 5.91 Å². The molecule has 1 aromatic carbocycles. The van der Waals surface area contributed by atoms with E-state index in [-0.39, 0.29) is 5.91 Å². The first-order valence-electron chi connectivity index (χ1n) is 7.91. The van der Waals surface area contributed by atoms with Crippen LogP contribution in [0.4, 0.5) is 0 Å². The minimum atomic E-state index is 0.170. The van der Waals surface area contributed by atoms with Crippen LogP contribution in [0.5, 0.6) is 5.75 Å². The highest BCUT2D eigenvalue weighted by molar-refractivity contribution is 5.76. The first-order valence-corrected chi connectivity index (χ1v) is 7.91. The molecule has 1 aliphatic rings. The smallest absolute Gasteiger partial charge is 0.221 e. The quantitative estimate of drug-likeness (QED) is 0.759. The highest BCUT2D eigenvalue weighted by atomic mass is 16.5. The van der Waals surface area contributed by atoms with Gasteiger partial charge >= 0.3 is 0 Å². The summed E-state index contributed by atoms with van der Waals surface area (Å²) in [6.07, 6.45) is 6.65. The van der Waals surface area contributed by atoms with Gasteiger partial charge in [-0.25, -0.2) is 0 Å². The molecular weight excluding hydrogens is 264 g/mol. The van der Waals surface area contributed by atoms with Crippen molar-refractivity contribution in [1.82, 2.24) is 10.6 Å². The highest BCUT2D eigenvalue weighted by Crippen LogP contribution is 2.17. The molecule has 2 rings (SSSR count). The Labute approximate surface area is 127 Å². The molecule has 0 bridgehead atoms. The number of nitrogens with one attached hydrogen (secondary N) is 2. The van der Waals surface area contributed by atoms with Crippen LogP contribution in [-0.4, -0.2) is 25.6 Å². The first-order chi connectivity index (χ1) is 10.3. The second kappa shape index (κ2) is 8.67. The minimum Gasteiger partial charge on any atom is -0.497 e. The van der Waals surface area contributed by atoms with Crippen molar-refractivity contribution in [1.29, 1.82) is 0 Å². The molecule has 0 spiro atoms. The highest BCUT2D eigenvalue weighted by Gasteiger charge is 2.14. The van der Waals surface area contributed by atoms with Crippen molar-refractivity contribution in [3.63, 3.8) is 0 Å². The fraction of sp³-hybridized carbons (Fsp3) is 0.588. The lowest BCUT2D eigenvalue weighted by Crippen LogP contribution is -2.37. The lowest BCUT2D eigenvalue weighted by molar-refractivity contribution is -0.121. The van der Waals surface area contributed by atoms with E-state index in [0.29, 0.717) is 19.0 Å². The number of benzene rings is 1. The Hall–Kier alpha value is -1.55. The van der Waals surface area contributed by atoms with Gasteiger partial charge in [0.1, 0.15) is 5.75 Å². The van der Waals surface area contributed by atoms with E-state index >= 15 is 0 Å². The van der Waals surface area contributed by atoms with E-state index in [0.717, 1.165) is 25.1 Å². The lowest BCUT2D eigenvalue weighted by Gasteiger charge is -2.22. The molecule has 21 heavy (non-hydrogen) atoms. The van der Waals surface area contributed by atoms with Crippen molar-refractivity contribution in [2.24, 2.45) is 0 Å². The second-order valence-electron chi connectivity index (χ2n) is 5.68. The Kier molecular flexibility index (Phi) is 6.54. The maximum Gasteiger partial charge on any atom is 0.221 e. The van der Waals surface area contributed by atoms with E-state index in [2.05, 4.69) is 10.6 Å². The van der Waals surface area contributed by atoms with Gasteiger partial charge in [-0.3, -0.25) is 4.79 Å². The zero-order chi connectivity index (χ0) is 14.9. The summed E-state index contributed by atoms with van der Waals surface area (Å²) in [6.45, 7) is 1.49. The SMILES string of the molecule is COc1ccc(CNCCC(=O)NC2CCCCC2)cc1. The Morgan fingerprint density at radius 2 is 1.90 bits per heavy atom. The number of hydrogen-bond acceptors (Lipinski definition) is 3. The summed E-state index contributed by atoms with van der Waals surface area (Å²) < 4.78 is 5.13. The average molecular weight is 290 g/mol. The fourth-order valence-electron chi connectivity index (χ4n) is 2.72. The summed E-state index contributed by atoms with van der Waals surface area (Å²) in [7, 11) is 1.66. The number of hydrogen-bond donors (Lipinski definition) is 2. The molecule has 0 radical (unpaired) electrons. The molecule has 1 fully saturated rings. The molecule has 1 saturated carbocycles. The third kappa shape index (κ3) is 5.76. The Bertz CT molecular complexity index is 425. The van der Waals surface area contributed by atoms with E-state index in [1.807, 2.05) is 24.3 Å². The lowest BCUT2D eigenvalue weighted by atomic mass is 9.95. The maximum atomic E-state index is 11.8. The first kappa shape index (κ1) is 15.8. The molecule has 2 N–H and O–H groups in total. The summed E-state index contributed by atoms with van der Waals surface area (Å²) in [5.74, 6) is 1.04. The van der Waals surface area contributed by atoms with Crippen molar-refractivity contribution in [2.75, 3.05) is 13.7 Å². The number of ether oxygens (including phenoxy) is 1. The molecule has 1 aliphatic carbocycles. The third-order valence-electron chi connectivity index (χ3n) is 3.99. The van der Waals surface area contributed by atoms with Gasteiger partial charge in [0.05, 0.1) is 7.11 Å². The number of amides is 1. The van der Waals surface area contributed by atoms with Crippen LogP contribution in [0.25, 0.3) is 0 Å². The summed E-state index contributed by atoms with van der Waals surface area (Å²) >= 11 is 0. The maximum absolute atomic E-state index is 11.8. The van der Waals surface area contributed by atoms with Gasteiger partial charge in [-0.2, -0.15) is 0 Å². The van der Waals surface area contributed by atoms with E-state index in [1.165, 1.54) is 24.8 Å². The van der Waals surface area contributed by atoms with Gasteiger partial charge in [0.25, 0.3) is 0 Å². The predicted molar refractivity (Wildman–Crippen MR) is 84.3 cm³/mol. The molecule has 116 valence electrons. The van der Waals surface area contributed by atoms with Gasteiger partial charge in [0, 0.05) is 25.6 Å². The van der Waals surface area contributed by atoms with Crippen LogP contribution in [0.1, 0.15) is 44.1 Å². The minimum absolute atomic E-state index is 0.170. The van der Waals surface area contributed by atoms with Crippen LogP contribution in [0.3, 0.4) is 0 Å². The zero-order valence-electron chi connectivity index (χ0n) is 12.9. The summed E-state index contributed by atoms with van der Waals surface area (Å²) in [5, 5.41) is 6.44. The van der Waals surface area contributed by atoms with Crippen molar-refractivity contribution in [2.45, 2.75) is 51.1 Å². The van der Waals surface area contributed by atoms with Gasteiger partial charge < -0.3 is 15.4 Å². The molecule has 4 nitrogen and oxygen atoms in total. The summed E-state index contributed by atoms with van der Waals surface area (Å²) in [6, 6.07) is 8.38. The zero-order valence-corrected chi connectivity index (χ0v) is 12.9. The predicted octanol–water partition coefficient (Wildman–Crippen LogP) is 2.62. The molecule has 0 heterocycles. The Morgan fingerprint density at radius 3 is 2.57 bits per heavy atom. The third-order valence-corrected chi connectivity index (χ3v) is 3.99. The van der Waals surface area contributed by atoms with Crippen LogP contribution >= 0.6 is 0 Å². The van der Waals surface area contributed by atoms with Gasteiger partial charge in [0.2, 0.25) is 5.91 Å². The molecule has 4 heteroatoms. The number of carbonyl (C=O) groups excluding carboxylic acids is 1. The van der Waals surface area contributed by atoms with Crippen LogP contribution in [0.15, 0.2) is 24.3 Å². The largest absolute Gasteiger partial charge is 0.497 e. The van der Waals surface area contributed by atoms with Gasteiger partial charge in [-0.15, -0.1) is 0 Å². The molecular formula is C17H26N2O2. The van der Waals surface area contributed by atoms with Crippen molar-refractivity contribution < 1.29 is 9.53 Å². The topological polar surface area (TPSA) is 50.4 Å². The number of rotatable bonds is 7. The molecule has 0 atom stereocenters. The van der Waals surface area contributed by atoms with Crippen molar-refractivity contribution in [3.8, 4) is 5.75 Å². The van der Waals surface area contributed by atoms with E-state index in [1.54, 1.807) is 7.11 Å².